The van der Waals surface area contributed by atoms with Crippen LogP contribution in [0.4, 0.5) is 4.79 Å². The van der Waals surface area contributed by atoms with Crippen molar-refractivity contribution in [3.63, 3.8) is 0 Å². The van der Waals surface area contributed by atoms with Crippen molar-refractivity contribution in [2.45, 2.75) is 44.0 Å². The van der Waals surface area contributed by atoms with Gasteiger partial charge >= 0.3 is 6.09 Å². The summed E-state index contributed by atoms with van der Waals surface area (Å²) in [6.07, 6.45) is 5.27. The fourth-order valence-corrected chi connectivity index (χ4v) is 4.48. The molecule has 2 bridgehead atoms. The van der Waals surface area contributed by atoms with E-state index in [2.05, 4.69) is 4.98 Å². The van der Waals surface area contributed by atoms with E-state index in [9.17, 15) is 13.2 Å². The summed E-state index contributed by atoms with van der Waals surface area (Å²) in [6, 6.07) is 6.16. The summed E-state index contributed by atoms with van der Waals surface area (Å²) in [4.78, 5) is 18.0. The van der Waals surface area contributed by atoms with Crippen LogP contribution in [-0.2, 0) is 32.2 Å². The molecule has 1 aromatic heterocycles. The van der Waals surface area contributed by atoms with Gasteiger partial charge in [0.1, 0.15) is 6.61 Å². The molecule has 0 radical (unpaired) electrons. The summed E-state index contributed by atoms with van der Waals surface area (Å²) in [7, 11) is -4.04. The predicted molar refractivity (Wildman–Crippen MR) is 92.5 cm³/mol. The maximum Gasteiger partial charge on any atom is 0.412 e. The zero-order chi connectivity index (χ0) is 17.5. The first-order valence-electron chi connectivity index (χ1n) is 7.93. The number of rotatable bonds is 2. The van der Waals surface area contributed by atoms with Gasteiger partial charge in [-0.15, -0.1) is 0 Å². The standard InChI is InChI=1S/C16H17N3O5S.CH4/c20-15-19-8-1-6-16(19,11-18-9-7-17-12-18)24-25(21,22)14-4-2-13(3-5-14)10-23-15;/h2-5,7,9,12H,1,6,8,10-11H2;1H4/t16-;/m0./s1. The Morgan fingerprint density at radius 1 is 1.23 bits per heavy atom. The molecule has 26 heavy (non-hydrogen) atoms. The number of hydrogen-bond acceptors (Lipinski definition) is 6. The van der Waals surface area contributed by atoms with Crippen LogP contribution in [0.25, 0.3) is 0 Å². The molecule has 2 aromatic rings. The Morgan fingerprint density at radius 3 is 2.69 bits per heavy atom. The predicted octanol–water partition coefficient (Wildman–Crippen LogP) is 2.37. The van der Waals surface area contributed by atoms with E-state index in [4.69, 9.17) is 8.92 Å². The summed E-state index contributed by atoms with van der Waals surface area (Å²) in [5.74, 6) is 0. The molecule has 9 heteroatoms. The second kappa shape index (κ2) is 6.73. The smallest absolute Gasteiger partial charge is 0.412 e. The van der Waals surface area contributed by atoms with Crippen molar-refractivity contribution in [2.75, 3.05) is 6.54 Å². The van der Waals surface area contributed by atoms with Gasteiger partial charge in [0.25, 0.3) is 10.1 Å². The number of carbonyl (C=O) groups excluding carboxylic acids is 1. The van der Waals surface area contributed by atoms with Crippen LogP contribution in [0.2, 0.25) is 0 Å². The normalized spacial score (nSPS) is 24.3. The number of aromatic nitrogens is 2. The van der Waals surface area contributed by atoms with Crippen molar-refractivity contribution in [1.29, 1.82) is 0 Å². The average molecular weight is 379 g/mol. The van der Waals surface area contributed by atoms with E-state index in [0.29, 0.717) is 24.9 Å². The second-order valence-electron chi connectivity index (χ2n) is 6.17. The number of ether oxygens (including phenoxy) is 1. The van der Waals surface area contributed by atoms with Crippen molar-refractivity contribution >= 4 is 16.2 Å². The van der Waals surface area contributed by atoms with E-state index in [1.54, 1.807) is 35.4 Å². The summed E-state index contributed by atoms with van der Waals surface area (Å²) in [6.45, 7) is 0.601. The molecule has 3 aliphatic heterocycles. The SMILES string of the molecule is C.O=C1OCc2ccc(cc2)S(=O)(=O)O[C@]2(Cn3ccnc3)CCCN12. The van der Waals surface area contributed by atoms with Crippen molar-refractivity contribution in [3.8, 4) is 0 Å². The molecule has 5 rings (SSSR count). The largest absolute Gasteiger partial charge is 0.444 e. The molecule has 0 N–H and O–H groups in total. The van der Waals surface area contributed by atoms with E-state index in [0.717, 1.165) is 0 Å². The third kappa shape index (κ3) is 3.19. The zero-order valence-electron chi connectivity index (χ0n) is 13.4. The molecular weight excluding hydrogens is 358 g/mol. The first-order chi connectivity index (χ1) is 12.0. The minimum atomic E-state index is -4.04. The third-order valence-electron chi connectivity index (χ3n) is 4.49. The molecule has 0 spiro atoms. The summed E-state index contributed by atoms with van der Waals surface area (Å²) >= 11 is 0. The van der Waals surface area contributed by atoms with Crippen LogP contribution in [0, 0.1) is 0 Å². The van der Waals surface area contributed by atoms with Gasteiger partial charge < -0.3 is 9.30 Å². The average Bonchev–Trinajstić information content (AvgIpc) is 3.22. The van der Waals surface area contributed by atoms with Gasteiger partial charge in [-0.1, -0.05) is 19.6 Å². The van der Waals surface area contributed by atoms with E-state index in [1.165, 1.54) is 17.0 Å². The fraction of sp³-hybridized carbons (Fsp3) is 0.412. The van der Waals surface area contributed by atoms with Gasteiger partial charge in [0.2, 0.25) is 0 Å². The van der Waals surface area contributed by atoms with Crippen LogP contribution in [-0.4, -0.2) is 41.2 Å². The maximum atomic E-state index is 12.8. The van der Waals surface area contributed by atoms with Gasteiger partial charge in [0.05, 0.1) is 17.8 Å². The molecule has 140 valence electrons. The Kier molecular flexibility index (Phi) is 4.76. The highest BCUT2D eigenvalue weighted by atomic mass is 32.2. The van der Waals surface area contributed by atoms with E-state index in [1.807, 2.05) is 0 Å². The Balaban J connectivity index is 0.00000196. The molecule has 0 saturated carbocycles. The monoisotopic (exact) mass is 379 g/mol. The zero-order valence-corrected chi connectivity index (χ0v) is 14.2. The first kappa shape index (κ1) is 18.4. The number of amides is 1. The van der Waals surface area contributed by atoms with Crippen LogP contribution in [0.15, 0.2) is 47.9 Å². The lowest BCUT2D eigenvalue weighted by atomic mass is 10.1. The number of nitrogens with zero attached hydrogens (tertiary/aromatic N) is 3. The first-order valence-corrected chi connectivity index (χ1v) is 9.34. The van der Waals surface area contributed by atoms with Gasteiger partial charge in [-0.3, -0.25) is 4.90 Å². The molecule has 4 heterocycles. The summed E-state index contributed by atoms with van der Waals surface area (Å²) in [5, 5.41) is 0. The fourth-order valence-electron chi connectivity index (χ4n) is 3.28. The molecule has 1 fully saturated rings. The molecule has 1 aromatic carbocycles. The van der Waals surface area contributed by atoms with Crippen LogP contribution < -0.4 is 0 Å². The molecule has 1 atom stereocenters. The van der Waals surface area contributed by atoms with Gasteiger partial charge in [0, 0.05) is 25.4 Å². The van der Waals surface area contributed by atoms with Crippen LogP contribution in [0.3, 0.4) is 0 Å². The van der Waals surface area contributed by atoms with Crippen molar-refractivity contribution in [1.82, 2.24) is 14.5 Å². The van der Waals surface area contributed by atoms with E-state index in [-0.39, 0.29) is 25.5 Å². The Labute approximate surface area is 152 Å². The lowest BCUT2D eigenvalue weighted by molar-refractivity contribution is -0.0582. The van der Waals surface area contributed by atoms with Gasteiger partial charge in [-0.05, 0) is 24.1 Å². The van der Waals surface area contributed by atoms with Gasteiger partial charge in [-0.25, -0.2) is 14.0 Å². The molecule has 1 amide bonds. The number of fused-ring (bicyclic) bond motifs is 5. The number of imidazole rings is 1. The molecule has 0 aliphatic carbocycles. The summed E-state index contributed by atoms with van der Waals surface area (Å²) in [5.41, 5.74) is -0.619. The second-order valence-corrected chi connectivity index (χ2v) is 7.72. The highest BCUT2D eigenvalue weighted by molar-refractivity contribution is 7.86. The lowest BCUT2D eigenvalue weighted by Crippen LogP contribution is -2.53. The maximum absolute atomic E-state index is 12.8. The van der Waals surface area contributed by atoms with Crippen LogP contribution >= 0.6 is 0 Å². The minimum absolute atomic E-state index is 0. The highest BCUT2D eigenvalue weighted by Gasteiger charge is 2.49. The quantitative estimate of drug-likeness (QED) is 0.744. The van der Waals surface area contributed by atoms with E-state index < -0.39 is 21.9 Å². The van der Waals surface area contributed by atoms with Crippen molar-refractivity contribution in [3.05, 3.63) is 48.5 Å². The highest BCUT2D eigenvalue weighted by Crippen LogP contribution is 2.36. The third-order valence-corrected chi connectivity index (χ3v) is 5.87. The van der Waals surface area contributed by atoms with Gasteiger partial charge in [-0.2, -0.15) is 8.42 Å². The van der Waals surface area contributed by atoms with Crippen LogP contribution in [0.1, 0.15) is 25.8 Å². The Bertz CT molecular complexity index is 880. The van der Waals surface area contributed by atoms with Crippen molar-refractivity contribution < 1.29 is 22.1 Å². The Hall–Kier alpha value is -2.39. The topological polar surface area (TPSA) is 90.7 Å². The van der Waals surface area contributed by atoms with Crippen molar-refractivity contribution in [2.24, 2.45) is 0 Å². The summed E-state index contributed by atoms with van der Waals surface area (Å²) < 4.78 is 38.3. The molecule has 1 saturated heterocycles. The van der Waals surface area contributed by atoms with Crippen LogP contribution in [0.5, 0.6) is 0 Å². The molecule has 8 nitrogen and oxygen atoms in total. The molecule has 3 aliphatic rings. The number of hydrogen-bond donors (Lipinski definition) is 0. The minimum Gasteiger partial charge on any atom is -0.444 e. The Morgan fingerprint density at radius 2 is 2.00 bits per heavy atom. The molecule has 0 unspecified atom stereocenters. The van der Waals surface area contributed by atoms with E-state index >= 15 is 0 Å². The lowest BCUT2D eigenvalue weighted by Gasteiger charge is -2.36. The number of carbonyl (C=O) groups is 1. The number of benzene rings is 1. The van der Waals surface area contributed by atoms with Gasteiger partial charge in [0.15, 0.2) is 5.72 Å². The molecular formula is C17H21N3O5S.